The predicted molar refractivity (Wildman–Crippen MR) is 104 cm³/mol. The highest BCUT2D eigenvalue weighted by atomic mass is 16.5. The van der Waals surface area contributed by atoms with Crippen LogP contribution in [-0.4, -0.2) is 48.2 Å². The number of hydrogen-bond donors (Lipinski definition) is 1. The summed E-state index contributed by atoms with van der Waals surface area (Å²) < 4.78 is 11.4. The summed E-state index contributed by atoms with van der Waals surface area (Å²) in [7, 11) is 1.65. The summed E-state index contributed by atoms with van der Waals surface area (Å²) in [5.74, 6) is -0.147. The van der Waals surface area contributed by atoms with Crippen molar-refractivity contribution in [3.63, 3.8) is 0 Å². The van der Waals surface area contributed by atoms with Crippen LogP contribution in [0.15, 0.2) is 48.5 Å². The Kier molecular flexibility index (Phi) is 6.66. The molecule has 0 saturated carbocycles. The lowest BCUT2D eigenvalue weighted by Gasteiger charge is -2.32. The predicted octanol–water partition coefficient (Wildman–Crippen LogP) is 3.14. The second-order valence-corrected chi connectivity index (χ2v) is 6.89. The minimum Gasteiger partial charge on any atom is -0.496 e. The second kappa shape index (κ2) is 9.37. The normalized spacial score (nSPS) is 14.7. The summed E-state index contributed by atoms with van der Waals surface area (Å²) in [6, 6.07) is 14.3. The molecule has 2 aromatic carbocycles. The van der Waals surface area contributed by atoms with Crippen LogP contribution in [0.4, 0.5) is 0 Å². The molecule has 28 heavy (non-hydrogen) atoms. The molecule has 0 aliphatic carbocycles. The number of rotatable bonds is 7. The van der Waals surface area contributed by atoms with Crippen LogP contribution in [0.3, 0.4) is 0 Å². The van der Waals surface area contributed by atoms with E-state index >= 15 is 0 Å². The van der Waals surface area contributed by atoms with Crippen LogP contribution in [0.2, 0.25) is 0 Å². The molecule has 0 spiro atoms. The molecular weight excluding hydrogens is 358 g/mol. The molecule has 3 rings (SSSR count). The van der Waals surface area contributed by atoms with Crippen molar-refractivity contribution in [1.82, 2.24) is 4.90 Å². The fourth-order valence-corrected chi connectivity index (χ4v) is 3.40. The Bertz CT molecular complexity index is 827. The molecule has 6 nitrogen and oxygen atoms in total. The summed E-state index contributed by atoms with van der Waals surface area (Å²) in [5.41, 5.74) is 1.94. The number of piperidine rings is 1. The van der Waals surface area contributed by atoms with Gasteiger partial charge in [-0.1, -0.05) is 30.3 Å². The molecular formula is C22H25NO5. The van der Waals surface area contributed by atoms with Gasteiger partial charge in [0.15, 0.2) is 0 Å². The zero-order chi connectivity index (χ0) is 19.9. The minimum atomic E-state index is -0.984. The Morgan fingerprint density at radius 1 is 1.11 bits per heavy atom. The maximum absolute atomic E-state index is 12.5. The van der Waals surface area contributed by atoms with Crippen molar-refractivity contribution in [2.45, 2.75) is 32.0 Å². The highest BCUT2D eigenvalue weighted by Gasteiger charge is 2.23. The van der Waals surface area contributed by atoms with Gasteiger partial charge in [0, 0.05) is 18.7 Å². The number of amides is 1. The fourth-order valence-electron chi connectivity index (χ4n) is 3.40. The first-order chi connectivity index (χ1) is 13.6. The second-order valence-electron chi connectivity index (χ2n) is 6.89. The molecule has 1 N–H and O–H groups in total. The van der Waals surface area contributed by atoms with Crippen LogP contribution in [-0.2, 0) is 22.6 Å². The van der Waals surface area contributed by atoms with E-state index in [1.165, 1.54) is 6.07 Å². The van der Waals surface area contributed by atoms with Gasteiger partial charge in [-0.3, -0.25) is 4.79 Å². The number of para-hydroxylation sites is 1. The van der Waals surface area contributed by atoms with Crippen molar-refractivity contribution in [1.29, 1.82) is 0 Å². The first kappa shape index (κ1) is 19.9. The first-order valence-electron chi connectivity index (χ1n) is 9.40. The number of aromatic carboxylic acids is 1. The van der Waals surface area contributed by atoms with E-state index < -0.39 is 5.97 Å². The molecule has 148 valence electrons. The van der Waals surface area contributed by atoms with E-state index in [4.69, 9.17) is 14.6 Å². The van der Waals surface area contributed by atoms with Gasteiger partial charge >= 0.3 is 5.97 Å². The van der Waals surface area contributed by atoms with Gasteiger partial charge in [0.2, 0.25) is 5.91 Å². The van der Waals surface area contributed by atoms with Crippen LogP contribution in [0.1, 0.15) is 34.3 Å². The highest BCUT2D eigenvalue weighted by Crippen LogP contribution is 2.21. The lowest BCUT2D eigenvalue weighted by Crippen LogP contribution is -2.41. The maximum Gasteiger partial charge on any atom is 0.335 e. The third-order valence-corrected chi connectivity index (χ3v) is 4.99. The molecule has 0 bridgehead atoms. The third-order valence-electron chi connectivity index (χ3n) is 4.99. The SMILES string of the molecule is COc1ccccc1COC1CCN(C(=O)Cc2cccc(C(=O)O)c2)CC1. The van der Waals surface area contributed by atoms with E-state index in [9.17, 15) is 9.59 Å². The Balaban J connectivity index is 1.47. The molecule has 0 aromatic heterocycles. The molecule has 1 amide bonds. The van der Waals surface area contributed by atoms with Crippen LogP contribution < -0.4 is 4.74 Å². The number of nitrogens with zero attached hydrogens (tertiary/aromatic N) is 1. The summed E-state index contributed by atoms with van der Waals surface area (Å²) in [4.78, 5) is 25.4. The monoisotopic (exact) mass is 383 g/mol. The van der Waals surface area contributed by atoms with Gasteiger partial charge in [-0.05, 0) is 36.6 Å². The van der Waals surface area contributed by atoms with E-state index in [0.717, 1.165) is 29.7 Å². The molecule has 0 radical (unpaired) electrons. The summed E-state index contributed by atoms with van der Waals surface area (Å²) in [5, 5.41) is 9.07. The van der Waals surface area contributed by atoms with Gasteiger partial charge in [-0.2, -0.15) is 0 Å². The summed E-state index contributed by atoms with van der Waals surface area (Å²) in [6.45, 7) is 1.78. The van der Waals surface area contributed by atoms with E-state index in [1.54, 1.807) is 25.3 Å². The van der Waals surface area contributed by atoms with Gasteiger partial charge in [-0.15, -0.1) is 0 Å². The van der Waals surface area contributed by atoms with Crippen LogP contribution in [0.5, 0.6) is 5.75 Å². The number of likely N-dealkylation sites (tertiary alicyclic amines) is 1. The largest absolute Gasteiger partial charge is 0.496 e. The molecule has 6 heteroatoms. The summed E-state index contributed by atoms with van der Waals surface area (Å²) in [6.07, 6.45) is 1.91. The van der Waals surface area contributed by atoms with Crippen molar-refractivity contribution in [3.8, 4) is 5.75 Å². The number of carboxylic acid groups (broad SMARTS) is 1. The number of benzene rings is 2. The number of hydrogen-bond acceptors (Lipinski definition) is 4. The average Bonchev–Trinajstić information content (AvgIpc) is 2.73. The minimum absolute atomic E-state index is 0.0192. The van der Waals surface area contributed by atoms with Gasteiger partial charge < -0.3 is 19.5 Å². The van der Waals surface area contributed by atoms with Gasteiger partial charge in [0.25, 0.3) is 0 Å². The number of ether oxygens (including phenoxy) is 2. The molecule has 0 atom stereocenters. The van der Waals surface area contributed by atoms with Gasteiger partial charge in [0.05, 0.1) is 31.8 Å². The zero-order valence-corrected chi connectivity index (χ0v) is 16.0. The topological polar surface area (TPSA) is 76.1 Å². The van der Waals surface area contributed by atoms with Crippen LogP contribution in [0.25, 0.3) is 0 Å². The molecule has 1 fully saturated rings. The standard InChI is InChI=1S/C22H25NO5/c1-27-20-8-3-2-6-18(20)15-28-19-9-11-23(12-10-19)21(24)14-16-5-4-7-17(13-16)22(25)26/h2-8,13,19H,9-12,14-15H2,1H3,(H,25,26). The van der Waals surface area contributed by atoms with E-state index in [-0.39, 0.29) is 24.0 Å². The molecule has 1 heterocycles. The van der Waals surface area contributed by atoms with Crippen molar-refractivity contribution in [2.24, 2.45) is 0 Å². The van der Waals surface area contributed by atoms with E-state index in [2.05, 4.69) is 0 Å². The van der Waals surface area contributed by atoms with Crippen molar-refractivity contribution < 1.29 is 24.2 Å². The number of carbonyl (C=O) groups excluding carboxylic acids is 1. The Hall–Kier alpha value is -2.86. The lowest BCUT2D eigenvalue weighted by atomic mass is 10.0. The first-order valence-corrected chi connectivity index (χ1v) is 9.40. The van der Waals surface area contributed by atoms with E-state index in [1.807, 2.05) is 29.2 Å². The third kappa shape index (κ3) is 5.10. The average molecular weight is 383 g/mol. The number of methoxy groups -OCH3 is 1. The zero-order valence-electron chi connectivity index (χ0n) is 16.0. The van der Waals surface area contributed by atoms with Gasteiger partial charge in [-0.25, -0.2) is 4.79 Å². The number of carboxylic acids is 1. The van der Waals surface area contributed by atoms with E-state index in [0.29, 0.717) is 19.7 Å². The molecule has 1 saturated heterocycles. The molecule has 1 aliphatic rings. The van der Waals surface area contributed by atoms with Gasteiger partial charge in [0.1, 0.15) is 5.75 Å². The lowest BCUT2D eigenvalue weighted by molar-refractivity contribution is -0.133. The Labute approximate surface area is 164 Å². The smallest absolute Gasteiger partial charge is 0.335 e. The quantitative estimate of drug-likeness (QED) is 0.795. The van der Waals surface area contributed by atoms with Crippen LogP contribution in [0, 0.1) is 0 Å². The molecule has 2 aromatic rings. The maximum atomic E-state index is 12.5. The Morgan fingerprint density at radius 3 is 2.57 bits per heavy atom. The molecule has 1 aliphatic heterocycles. The summed E-state index contributed by atoms with van der Waals surface area (Å²) >= 11 is 0. The van der Waals surface area contributed by atoms with Crippen molar-refractivity contribution in [2.75, 3.05) is 20.2 Å². The fraction of sp³-hybridized carbons (Fsp3) is 0.364. The highest BCUT2D eigenvalue weighted by molar-refractivity contribution is 5.88. The molecule has 0 unspecified atom stereocenters. The number of carbonyl (C=O) groups is 2. The Morgan fingerprint density at radius 2 is 1.86 bits per heavy atom. The van der Waals surface area contributed by atoms with Crippen molar-refractivity contribution in [3.05, 3.63) is 65.2 Å². The van der Waals surface area contributed by atoms with Crippen molar-refractivity contribution >= 4 is 11.9 Å². The van der Waals surface area contributed by atoms with Crippen LogP contribution >= 0.6 is 0 Å².